The van der Waals surface area contributed by atoms with Crippen LogP contribution in [0.3, 0.4) is 0 Å². The number of pyridine rings is 1. The van der Waals surface area contributed by atoms with Crippen LogP contribution in [0.2, 0.25) is 0 Å². The number of allylic oxidation sites excluding steroid dienone is 2. The van der Waals surface area contributed by atoms with Crippen molar-refractivity contribution in [2.45, 2.75) is 69.2 Å². The summed E-state index contributed by atoms with van der Waals surface area (Å²) in [4.78, 5) is 15.2. The highest BCUT2D eigenvalue weighted by Gasteiger charge is 2.32. The van der Waals surface area contributed by atoms with Crippen LogP contribution in [-0.4, -0.2) is 22.4 Å². The molecule has 0 radical (unpaired) electrons. The van der Waals surface area contributed by atoms with Crippen molar-refractivity contribution in [3.8, 4) is 0 Å². The van der Waals surface area contributed by atoms with Crippen LogP contribution in [0.1, 0.15) is 84.7 Å². The number of aryl methyl sites for hydroxylation is 1. The first-order valence-electron chi connectivity index (χ1n) is 14.7. The summed E-state index contributed by atoms with van der Waals surface area (Å²) in [6.07, 6.45) is 12.6. The Balaban J connectivity index is 1.36. The largest absolute Gasteiger partial charge is 0.437 e. The number of furan rings is 1. The fraction of sp³-hybridized carbons (Fsp3) is 0.306. The second kappa shape index (κ2) is 10.2. The summed E-state index contributed by atoms with van der Waals surface area (Å²) in [6.45, 7) is 12.6. The van der Waals surface area contributed by atoms with Crippen LogP contribution in [0.15, 0.2) is 101 Å². The van der Waals surface area contributed by atoms with Crippen molar-refractivity contribution in [1.29, 1.82) is 0 Å². The van der Waals surface area contributed by atoms with Gasteiger partial charge in [0.15, 0.2) is 0 Å². The SMILES string of the molecule is C=CC1=NC2CC(=C)/N=C(/C=C)c3c(ccc4c3oc3nc(C5CCCCC5)ccc34)CCC2c2ccccc21. The van der Waals surface area contributed by atoms with Crippen LogP contribution >= 0.6 is 0 Å². The summed E-state index contributed by atoms with van der Waals surface area (Å²) in [7, 11) is 0. The minimum atomic E-state index is 0.0732. The van der Waals surface area contributed by atoms with E-state index in [1.54, 1.807) is 0 Å². The summed E-state index contributed by atoms with van der Waals surface area (Å²) in [6, 6.07) is 17.5. The Bertz CT molecular complexity index is 1730. The van der Waals surface area contributed by atoms with E-state index in [2.05, 4.69) is 68.3 Å². The number of rotatable bonds is 3. The minimum Gasteiger partial charge on any atom is -0.437 e. The molecule has 2 aromatic heterocycles. The molecule has 1 saturated carbocycles. The standard InChI is InChI=1S/C36H35N3O/c1-4-30-26-14-10-9-13-25(26)27-17-15-24-16-18-28-29-19-20-32(23-11-7-6-8-12-23)39-36(29)40-35(28)34(24)31(5-2)37-22(3)21-33(27)38-30/h4-5,9-10,13-14,16,18-20,23,27,33H,1-3,6-8,11-12,15,17,21H2/b37-31-. The number of benzene rings is 2. The molecule has 200 valence electrons. The molecule has 4 aromatic rings. The summed E-state index contributed by atoms with van der Waals surface area (Å²) in [5, 5.41) is 2.14. The average molecular weight is 526 g/mol. The second-order valence-electron chi connectivity index (χ2n) is 11.5. The van der Waals surface area contributed by atoms with Crippen LogP contribution in [-0.2, 0) is 6.42 Å². The molecule has 4 heteroatoms. The molecular weight excluding hydrogens is 490 g/mol. The highest BCUT2D eigenvalue weighted by molar-refractivity contribution is 6.19. The lowest BCUT2D eigenvalue weighted by Gasteiger charge is -2.32. The van der Waals surface area contributed by atoms with E-state index in [-0.39, 0.29) is 12.0 Å². The molecule has 0 bridgehead atoms. The third-order valence-electron chi connectivity index (χ3n) is 9.13. The van der Waals surface area contributed by atoms with E-state index < -0.39 is 0 Å². The Morgan fingerprint density at radius 2 is 1.65 bits per heavy atom. The normalized spacial score (nSPS) is 22.9. The quantitative estimate of drug-likeness (QED) is 0.268. The smallest absolute Gasteiger partial charge is 0.227 e. The highest BCUT2D eigenvalue weighted by Crippen LogP contribution is 2.41. The van der Waals surface area contributed by atoms with Crippen molar-refractivity contribution in [2.24, 2.45) is 9.98 Å². The lowest BCUT2D eigenvalue weighted by atomic mass is 9.78. The summed E-state index contributed by atoms with van der Waals surface area (Å²) in [5.41, 5.74) is 10.0. The van der Waals surface area contributed by atoms with E-state index in [0.29, 0.717) is 12.3 Å². The molecule has 0 amide bonds. The van der Waals surface area contributed by atoms with Gasteiger partial charge in [-0.3, -0.25) is 9.98 Å². The summed E-state index contributed by atoms with van der Waals surface area (Å²) in [5.74, 6) is 0.805. The molecule has 1 fully saturated rings. The van der Waals surface area contributed by atoms with Gasteiger partial charge in [-0.05, 0) is 61.1 Å². The third-order valence-corrected chi connectivity index (χ3v) is 9.13. The van der Waals surface area contributed by atoms with Gasteiger partial charge in [-0.25, -0.2) is 4.98 Å². The molecule has 2 aromatic carbocycles. The number of aromatic nitrogens is 1. The van der Waals surface area contributed by atoms with Gasteiger partial charge >= 0.3 is 0 Å². The van der Waals surface area contributed by atoms with Gasteiger partial charge in [-0.2, -0.15) is 0 Å². The lowest BCUT2D eigenvalue weighted by molar-refractivity contribution is 0.436. The van der Waals surface area contributed by atoms with Crippen LogP contribution in [0.25, 0.3) is 22.1 Å². The van der Waals surface area contributed by atoms with Crippen molar-refractivity contribution >= 4 is 33.5 Å². The highest BCUT2D eigenvalue weighted by atomic mass is 16.3. The Morgan fingerprint density at radius 3 is 2.48 bits per heavy atom. The van der Waals surface area contributed by atoms with Gasteiger partial charge in [0.25, 0.3) is 0 Å². The topological polar surface area (TPSA) is 50.8 Å². The number of nitrogens with zero attached hydrogens (tertiary/aromatic N) is 3. The molecule has 0 saturated heterocycles. The maximum atomic E-state index is 6.61. The first kappa shape index (κ1) is 25.0. The van der Waals surface area contributed by atoms with E-state index >= 15 is 0 Å². The van der Waals surface area contributed by atoms with Gasteiger partial charge in [0.05, 0.1) is 17.5 Å². The van der Waals surface area contributed by atoms with E-state index in [4.69, 9.17) is 19.4 Å². The molecule has 7 rings (SSSR count). The van der Waals surface area contributed by atoms with Crippen molar-refractivity contribution in [3.05, 3.63) is 114 Å². The fourth-order valence-corrected chi connectivity index (χ4v) is 7.16. The van der Waals surface area contributed by atoms with Crippen LogP contribution in [0.5, 0.6) is 0 Å². The molecule has 1 aliphatic carbocycles. The first-order chi connectivity index (χ1) is 19.6. The molecule has 40 heavy (non-hydrogen) atoms. The first-order valence-corrected chi connectivity index (χ1v) is 14.7. The second-order valence-corrected chi connectivity index (χ2v) is 11.5. The molecule has 3 aliphatic rings. The lowest BCUT2D eigenvalue weighted by Crippen LogP contribution is -2.27. The number of aliphatic imine (C=N–C) groups is 2. The molecular formula is C36H35N3O. The van der Waals surface area contributed by atoms with E-state index in [9.17, 15) is 0 Å². The molecule has 4 nitrogen and oxygen atoms in total. The zero-order chi connectivity index (χ0) is 27.2. The van der Waals surface area contributed by atoms with Crippen molar-refractivity contribution in [2.75, 3.05) is 0 Å². The van der Waals surface area contributed by atoms with Crippen molar-refractivity contribution in [1.82, 2.24) is 4.98 Å². The van der Waals surface area contributed by atoms with Crippen LogP contribution < -0.4 is 0 Å². The molecule has 2 aliphatic heterocycles. The molecule has 0 N–H and O–H groups in total. The average Bonchev–Trinajstić information content (AvgIpc) is 3.37. The molecule has 4 heterocycles. The molecule has 2 unspecified atom stereocenters. The van der Waals surface area contributed by atoms with Gasteiger partial charge < -0.3 is 4.42 Å². The number of fused-ring (bicyclic) bond motifs is 8. The van der Waals surface area contributed by atoms with Crippen molar-refractivity contribution < 1.29 is 4.42 Å². The third kappa shape index (κ3) is 4.18. The monoisotopic (exact) mass is 525 g/mol. The predicted octanol–water partition coefficient (Wildman–Crippen LogP) is 8.99. The zero-order valence-corrected chi connectivity index (χ0v) is 23.0. The zero-order valence-electron chi connectivity index (χ0n) is 23.0. The minimum absolute atomic E-state index is 0.0732. The fourth-order valence-electron chi connectivity index (χ4n) is 7.16. The van der Waals surface area contributed by atoms with E-state index in [0.717, 1.165) is 63.3 Å². The summed E-state index contributed by atoms with van der Waals surface area (Å²) < 4.78 is 6.61. The maximum Gasteiger partial charge on any atom is 0.227 e. The van der Waals surface area contributed by atoms with E-state index in [1.165, 1.54) is 48.8 Å². The predicted molar refractivity (Wildman–Crippen MR) is 166 cm³/mol. The Kier molecular flexibility index (Phi) is 6.34. The Hall–Kier alpha value is -4.05. The molecule has 0 spiro atoms. The van der Waals surface area contributed by atoms with E-state index in [1.807, 2.05) is 12.2 Å². The van der Waals surface area contributed by atoms with Gasteiger partial charge in [-0.1, -0.05) is 75.4 Å². The van der Waals surface area contributed by atoms with Gasteiger partial charge in [0, 0.05) is 51.5 Å². The van der Waals surface area contributed by atoms with Crippen molar-refractivity contribution in [3.63, 3.8) is 0 Å². The maximum absolute atomic E-state index is 6.61. The summed E-state index contributed by atoms with van der Waals surface area (Å²) >= 11 is 0. The van der Waals surface area contributed by atoms with Crippen LogP contribution in [0.4, 0.5) is 0 Å². The van der Waals surface area contributed by atoms with Gasteiger partial charge in [-0.15, -0.1) is 0 Å². The number of hydrogen-bond donors (Lipinski definition) is 0. The Morgan fingerprint density at radius 1 is 0.850 bits per heavy atom. The van der Waals surface area contributed by atoms with Gasteiger partial charge in [0.1, 0.15) is 5.58 Å². The number of hydrogen-bond acceptors (Lipinski definition) is 4. The van der Waals surface area contributed by atoms with Crippen LogP contribution in [0, 0.1) is 0 Å². The Labute approximate surface area is 236 Å². The van der Waals surface area contributed by atoms with Gasteiger partial charge in [0.2, 0.25) is 5.71 Å². The molecule has 2 atom stereocenters.